The second-order valence-electron chi connectivity index (χ2n) is 4.57. The Morgan fingerprint density at radius 1 is 1.00 bits per heavy atom. The molecular weight excluding hydrogens is 361 g/mol. The molecule has 0 saturated heterocycles. The Morgan fingerprint density at radius 3 is 2.00 bits per heavy atom. The smallest absolute Gasteiger partial charge is 0.458 e. The fourth-order valence-electron chi connectivity index (χ4n) is 1.94. The summed E-state index contributed by atoms with van der Waals surface area (Å²) in [4.78, 5) is 10.7. The maximum Gasteiger partial charge on any atom is 0.458 e. The first-order chi connectivity index (χ1) is 10.9. The number of aromatic carboxylic acids is 1. The van der Waals surface area contributed by atoms with Crippen molar-refractivity contribution in [2.45, 2.75) is 17.0 Å². The highest BCUT2D eigenvalue weighted by molar-refractivity contribution is 7.90. The van der Waals surface area contributed by atoms with Crippen molar-refractivity contribution in [3.8, 4) is 0 Å². The van der Waals surface area contributed by atoms with Gasteiger partial charge in [0.05, 0.1) is 10.5 Å². The summed E-state index contributed by atoms with van der Waals surface area (Å²) in [5.41, 5.74) is -3.64. The van der Waals surface area contributed by atoms with Crippen LogP contribution in [0.5, 0.6) is 0 Å². The van der Waals surface area contributed by atoms with Gasteiger partial charge in [0.15, 0.2) is 5.69 Å². The molecule has 1 aromatic carbocycles. The number of carboxylic acid groups (broad SMARTS) is 1. The first-order valence-corrected chi connectivity index (χ1v) is 7.55. The average molecular weight is 369 g/mol. The number of hydrogen-bond donors (Lipinski definition) is 1. The van der Waals surface area contributed by atoms with Gasteiger partial charge in [-0.15, -0.1) is 0 Å². The number of rotatable bonds is 4. The number of alkyl halides is 5. The second-order valence-corrected chi connectivity index (χ2v) is 6.38. The lowest BCUT2D eigenvalue weighted by Crippen LogP contribution is -2.35. The van der Waals surface area contributed by atoms with Crippen molar-refractivity contribution < 1.29 is 40.3 Å². The van der Waals surface area contributed by atoms with Gasteiger partial charge in [0, 0.05) is 6.20 Å². The lowest BCUT2D eigenvalue weighted by Gasteiger charge is -2.19. The number of halogens is 5. The molecule has 2 rings (SSSR count). The molecule has 0 spiro atoms. The van der Waals surface area contributed by atoms with Crippen LogP contribution in [0.4, 0.5) is 22.0 Å². The van der Waals surface area contributed by atoms with Crippen LogP contribution in [0.2, 0.25) is 0 Å². The summed E-state index contributed by atoms with van der Waals surface area (Å²) in [6, 6.07) is 6.21. The highest BCUT2D eigenvalue weighted by Gasteiger charge is 2.61. The minimum absolute atomic E-state index is 0.111. The minimum Gasteiger partial charge on any atom is -0.477 e. The fraction of sp³-hybridized carbons (Fsp3) is 0.154. The molecule has 0 bridgehead atoms. The summed E-state index contributed by atoms with van der Waals surface area (Å²) in [6.07, 6.45) is -5.74. The minimum atomic E-state index is -6.08. The zero-order chi connectivity index (χ0) is 18.3. The molecule has 2 aromatic rings. The molecule has 24 heavy (non-hydrogen) atoms. The second kappa shape index (κ2) is 5.58. The predicted molar refractivity (Wildman–Crippen MR) is 70.4 cm³/mol. The van der Waals surface area contributed by atoms with E-state index >= 15 is 0 Å². The van der Waals surface area contributed by atoms with E-state index in [0.717, 1.165) is 12.1 Å². The predicted octanol–water partition coefficient (Wildman–Crippen LogP) is 3.08. The van der Waals surface area contributed by atoms with Gasteiger partial charge in [0.2, 0.25) is 0 Å². The van der Waals surface area contributed by atoms with E-state index in [4.69, 9.17) is 5.11 Å². The van der Waals surface area contributed by atoms with Crippen LogP contribution in [0.15, 0.2) is 47.5 Å². The number of carbonyl (C=O) groups is 1. The van der Waals surface area contributed by atoms with E-state index in [1.54, 1.807) is 0 Å². The SMILES string of the molecule is O=C(O)c1c(C(F)(F)C(F)(F)F)ccn1S(=O)(=O)c1ccccc1. The molecule has 130 valence electrons. The molecule has 11 heteroatoms. The largest absolute Gasteiger partial charge is 0.477 e. The van der Waals surface area contributed by atoms with Crippen molar-refractivity contribution in [3.05, 3.63) is 53.9 Å². The maximum absolute atomic E-state index is 13.5. The summed E-state index contributed by atoms with van der Waals surface area (Å²) in [5.74, 6) is -7.77. The molecule has 0 aliphatic heterocycles. The van der Waals surface area contributed by atoms with Crippen LogP contribution in [0, 0.1) is 0 Å². The van der Waals surface area contributed by atoms with Crippen molar-refractivity contribution in [1.29, 1.82) is 0 Å². The van der Waals surface area contributed by atoms with Gasteiger partial charge in [0.1, 0.15) is 0 Å². The van der Waals surface area contributed by atoms with E-state index in [9.17, 15) is 35.2 Å². The summed E-state index contributed by atoms with van der Waals surface area (Å²) in [5, 5.41) is 8.99. The molecule has 0 aliphatic carbocycles. The van der Waals surface area contributed by atoms with E-state index in [2.05, 4.69) is 0 Å². The number of nitrogens with zero attached hydrogens (tertiary/aromatic N) is 1. The number of aromatic nitrogens is 1. The summed E-state index contributed by atoms with van der Waals surface area (Å²) >= 11 is 0. The van der Waals surface area contributed by atoms with Crippen molar-refractivity contribution in [2.24, 2.45) is 0 Å². The molecule has 5 nitrogen and oxygen atoms in total. The van der Waals surface area contributed by atoms with Crippen LogP contribution in [0.25, 0.3) is 0 Å². The molecule has 0 aliphatic rings. The molecule has 0 atom stereocenters. The third-order valence-electron chi connectivity index (χ3n) is 3.05. The van der Waals surface area contributed by atoms with Crippen LogP contribution in [-0.4, -0.2) is 29.6 Å². The van der Waals surface area contributed by atoms with E-state index in [-0.39, 0.29) is 10.0 Å². The van der Waals surface area contributed by atoms with Crippen LogP contribution in [0.1, 0.15) is 16.1 Å². The van der Waals surface area contributed by atoms with Crippen molar-refractivity contribution in [1.82, 2.24) is 3.97 Å². The maximum atomic E-state index is 13.5. The van der Waals surface area contributed by atoms with Gasteiger partial charge in [-0.1, -0.05) is 18.2 Å². The first-order valence-electron chi connectivity index (χ1n) is 6.11. The molecule has 0 saturated carbocycles. The van der Waals surface area contributed by atoms with Gasteiger partial charge in [-0.3, -0.25) is 0 Å². The lowest BCUT2D eigenvalue weighted by atomic mass is 10.1. The van der Waals surface area contributed by atoms with Gasteiger partial charge >= 0.3 is 18.1 Å². The molecule has 1 N–H and O–H groups in total. The number of benzene rings is 1. The zero-order valence-electron chi connectivity index (χ0n) is 11.5. The summed E-state index contributed by atoms with van der Waals surface area (Å²) in [6.45, 7) is 0. The Balaban J connectivity index is 2.74. The molecule has 0 radical (unpaired) electrons. The number of carboxylic acids is 1. The Bertz CT molecular complexity index is 872. The van der Waals surface area contributed by atoms with Gasteiger partial charge < -0.3 is 5.11 Å². The summed E-state index contributed by atoms with van der Waals surface area (Å²) < 4.78 is 89.0. The van der Waals surface area contributed by atoms with Crippen LogP contribution in [-0.2, 0) is 15.9 Å². The third-order valence-corrected chi connectivity index (χ3v) is 4.74. The van der Waals surface area contributed by atoms with Gasteiger partial charge in [-0.2, -0.15) is 22.0 Å². The monoisotopic (exact) mass is 369 g/mol. The Kier molecular flexibility index (Phi) is 4.17. The van der Waals surface area contributed by atoms with Crippen LogP contribution in [0.3, 0.4) is 0 Å². The highest BCUT2D eigenvalue weighted by Crippen LogP contribution is 2.45. The standard InChI is InChI=1S/C13H8F5NO4S/c14-12(15,13(16,17)18)9-6-7-19(10(9)11(20)21)24(22,23)8-4-2-1-3-5-8/h1-7H,(H,20,21). The van der Waals surface area contributed by atoms with Crippen molar-refractivity contribution in [3.63, 3.8) is 0 Å². The topological polar surface area (TPSA) is 76.4 Å². The Labute approximate surface area is 132 Å². The first kappa shape index (κ1) is 17.9. The zero-order valence-corrected chi connectivity index (χ0v) is 12.3. The normalized spacial score (nSPS) is 13.0. The van der Waals surface area contributed by atoms with E-state index < -0.39 is 44.2 Å². The molecular formula is C13H8F5NO4S. The van der Waals surface area contributed by atoms with Gasteiger partial charge in [-0.25, -0.2) is 17.2 Å². The Morgan fingerprint density at radius 2 is 1.54 bits per heavy atom. The Hall–Kier alpha value is -2.43. The molecule has 1 aromatic heterocycles. The number of hydrogen-bond acceptors (Lipinski definition) is 3. The van der Waals surface area contributed by atoms with Crippen LogP contribution < -0.4 is 0 Å². The lowest BCUT2D eigenvalue weighted by molar-refractivity contribution is -0.289. The van der Waals surface area contributed by atoms with Crippen LogP contribution >= 0.6 is 0 Å². The van der Waals surface area contributed by atoms with Gasteiger partial charge in [0.25, 0.3) is 10.0 Å². The molecule has 0 fully saturated rings. The molecule has 0 unspecified atom stereocenters. The molecule has 0 amide bonds. The van der Waals surface area contributed by atoms with E-state index in [1.807, 2.05) is 0 Å². The quantitative estimate of drug-likeness (QED) is 0.841. The highest BCUT2D eigenvalue weighted by atomic mass is 32.2. The van der Waals surface area contributed by atoms with E-state index in [0.29, 0.717) is 6.20 Å². The van der Waals surface area contributed by atoms with Gasteiger partial charge in [-0.05, 0) is 18.2 Å². The van der Waals surface area contributed by atoms with Crippen molar-refractivity contribution in [2.75, 3.05) is 0 Å². The summed E-state index contributed by atoms with van der Waals surface area (Å²) in [7, 11) is -4.66. The average Bonchev–Trinajstić information content (AvgIpc) is 2.93. The fourth-order valence-corrected chi connectivity index (χ4v) is 3.30. The van der Waals surface area contributed by atoms with E-state index in [1.165, 1.54) is 18.2 Å². The van der Waals surface area contributed by atoms with Crippen molar-refractivity contribution >= 4 is 16.0 Å². The third kappa shape index (κ3) is 2.75. The molecule has 1 heterocycles.